The molecular weight excluding hydrogens is 229 g/mol. The monoisotopic (exact) mass is 249 g/mol. The van der Waals surface area contributed by atoms with Gasteiger partial charge < -0.3 is 14.8 Å². The smallest absolute Gasteiger partial charge is 0.423 e. The Morgan fingerprint density at radius 3 is 2.89 bits per heavy atom. The van der Waals surface area contributed by atoms with Crippen molar-refractivity contribution in [3.63, 3.8) is 0 Å². The molecule has 18 heavy (non-hydrogen) atoms. The van der Waals surface area contributed by atoms with E-state index < -0.39 is 7.12 Å². The fraction of sp³-hybridized carbons (Fsp3) is 0.538. The summed E-state index contributed by atoms with van der Waals surface area (Å²) in [4.78, 5) is 2.30. The minimum absolute atomic E-state index is 0.296. The molecule has 5 heteroatoms. The van der Waals surface area contributed by atoms with Crippen LogP contribution in [-0.2, 0) is 11.3 Å². The largest absolute Gasteiger partial charge is 0.488 e. The molecule has 0 bridgehead atoms. The molecule has 1 atom stereocenters. The lowest BCUT2D eigenvalue weighted by Gasteiger charge is -2.32. The van der Waals surface area contributed by atoms with Crippen LogP contribution in [0.25, 0.3) is 0 Å². The van der Waals surface area contributed by atoms with Gasteiger partial charge in [0.25, 0.3) is 0 Å². The number of methoxy groups -OCH3 is 1. The molecule has 98 valence electrons. The third-order valence-corrected chi connectivity index (χ3v) is 3.52. The zero-order chi connectivity index (χ0) is 13.0. The van der Waals surface area contributed by atoms with Crippen molar-refractivity contribution in [3.05, 3.63) is 29.8 Å². The fourth-order valence-electron chi connectivity index (χ4n) is 2.52. The number of rotatable bonds is 4. The quantitative estimate of drug-likeness (QED) is 0.736. The molecule has 2 N–H and O–H groups in total. The first kappa shape index (κ1) is 13.6. The molecule has 1 aliphatic heterocycles. The SMILES string of the molecule is COC1CCCN(Cc2ccccc2B(O)O)C1. The molecule has 1 saturated heterocycles. The van der Waals surface area contributed by atoms with Crippen molar-refractivity contribution in [1.29, 1.82) is 0 Å². The van der Waals surface area contributed by atoms with Gasteiger partial charge in [-0.1, -0.05) is 24.3 Å². The van der Waals surface area contributed by atoms with Crippen molar-refractivity contribution < 1.29 is 14.8 Å². The van der Waals surface area contributed by atoms with E-state index in [4.69, 9.17) is 4.74 Å². The van der Waals surface area contributed by atoms with Crippen LogP contribution >= 0.6 is 0 Å². The van der Waals surface area contributed by atoms with Crippen LogP contribution in [-0.4, -0.2) is 48.4 Å². The van der Waals surface area contributed by atoms with Gasteiger partial charge in [0.1, 0.15) is 0 Å². The Hall–Kier alpha value is -0.875. The molecule has 1 fully saturated rings. The lowest BCUT2D eigenvalue weighted by molar-refractivity contribution is 0.0286. The van der Waals surface area contributed by atoms with Crippen molar-refractivity contribution in [2.24, 2.45) is 0 Å². The topological polar surface area (TPSA) is 52.9 Å². The molecule has 2 rings (SSSR count). The molecule has 0 spiro atoms. The number of nitrogens with zero attached hydrogens (tertiary/aromatic N) is 1. The van der Waals surface area contributed by atoms with Crippen molar-refractivity contribution >= 4 is 12.6 Å². The molecule has 1 unspecified atom stereocenters. The van der Waals surface area contributed by atoms with Crippen molar-refractivity contribution in [3.8, 4) is 0 Å². The molecule has 0 amide bonds. The maximum absolute atomic E-state index is 9.34. The second kappa shape index (κ2) is 6.34. The highest BCUT2D eigenvalue weighted by atomic mass is 16.5. The van der Waals surface area contributed by atoms with Crippen molar-refractivity contribution in [2.45, 2.75) is 25.5 Å². The van der Waals surface area contributed by atoms with E-state index in [1.807, 2.05) is 18.2 Å². The molecule has 0 aromatic heterocycles. The summed E-state index contributed by atoms with van der Waals surface area (Å²) in [6.07, 6.45) is 2.53. The van der Waals surface area contributed by atoms with Crippen molar-refractivity contribution in [1.82, 2.24) is 4.90 Å². The van der Waals surface area contributed by atoms with E-state index in [-0.39, 0.29) is 0 Å². The summed E-state index contributed by atoms with van der Waals surface area (Å²) in [5.41, 5.74) is 1.57. The number of hydrogen-bond acceptors (Lipinski definition) is 4. The third kappa shape index (κ3) is 3.33. The van der Waals surface area contributed by atoms with Crippen LogP contribution in [0.4, 0.5) is 0 Å². The second-order valence-corrected chi connectivity index (χ2v) is 4.81. The first-order valence-electron chi connectivity index (χ1n) is 6.40. The molecule has 0 radical (unpaired) electrons. The minimum Gasteiger partial charge on any atom is -0.423 e. The number of ether oxygens (including phenoxy) is 1. The number of hydrogen-bond donors (Lipinski definition) is 2. The van der Waals surface area contributed by atoms with E-state index >= 15 is 0 Å². The number of likely N-dealkylation sites (tertiary alicyclic amines) is 1. The minimum atomic E-state index is -1.40. The summed E-state index contributed by atoms with van der Waals surface area (Å²) in [7, 11) is 0.351. The maximum atomic E-state index is 9.34. The molecule has 1 aromatic rings. The Morgan fingerprint density at radius 2 is 2.17 bits per heavy atom. The summed E-state index contributed by atoms with van der Waals surface area (Å²) in [5.74, 6) is 0. The predicted molar refractivity (Wildman–Crippen MR) is 71.6 cm³/mol. The molecule has 4 nitrogen and oxygen atoms in total. The van der Waals surface area contributed by atoms with Crippen LogP contribution in [0.3, 0.4) is 0 Å². The molecule has 0 saturated carbocycles. The summed E-state index contributed by atoms with van der Waals surface area (Å²) in [6.45, 7) is 2.69. The summed E-state index contributed by atoms with van der Waals surface area (Å²) in [6, 6.07) is 7.47. The van der Waals surface area contributed by atoms with Gasteiger partial charge in [-0.15, -0.1) is 0 Å². The second-order valence-electron chi connectivity index (χ2n) is 4.81. The van der Waals surface area contributed by atoms with Gasteiger partial charge >= 0.3 is 7.12 Å². The highest BCUT2D eigenvalue weighted by Crippen LogP contribution is 2.14. The van der Waals surface area contributed by atoms with E-state index in [9.17, 15) is 10.0 Å². The van der Waals surface area contributed by atoms with Gasteiger partial charge in [0, 0.05) is 20.2 Å². The number of benzene rings is 1. The van der Waals surface area contributed by atoms with Gasteiger partial charge in [0.15, 0.2) is 0 Å². The summed E-state index contributed by atoms with van der Waals surface area (Å²) >= 11 is 0. The Balaban J connectivity index is 2.04. The summed E-state index contributed by atoms with van der Waals surface area (Å²) in [5, 5.41) is 18.7. The van der Waals surface area contributed by atoms with Crippen LogP contribution in [0.2, 0.25) is 0 Å². The Morgan fingerprint density at radius 1 is 1.39 bits per heavy atom. The number of piperidine rings is 1. The van der Waals surface area contributed by atoms with Gasteiger partial charge in [0.2, 0.25) is 0 Å². The molecule has 0 aliphatic carbocycles. The maximum Gasteiger partial charge on any atom is 0.488 e. The normalized spacial score (nSPS) is 20.9. The van der Waals surface area contributed by atoms with Gasteiger partial charge in [0.05, 0.1) is 6.10 Å². The average molecular weight is 249 g/mol. The fourth-order valence-corrected chi connectivity index (χ4v) is 2.52. The van der Waals surface area contributed by atoms with E-state index in [1.165, 1.54) is 0 Å². The molecule has 1 heterocycles. The lowest BCUT2D eigenvalue weighted by Crippen LogP contribution is -2.41. The van der Waals surface area contributed by atoms with Gasteiger partial charge in [-0.05, 0) is 30.4 Å². The van der Waals surface area contributed by atoms with E-state index in [2.05, 4.69) is 4.90 Å². The molecular formula is C13H20BNO3. The summed E-state index contributed by atoms with van der Waals surface area (Å²) < 4.78 is 5.40. The van der Waals surface area contributed by atoms with Crippen molar-refractivity contribution in [2.75, 3.05) is 20.2 Å². The standard InChI is InChI=1S/C13H20BNO3/c1-18-12-6-4-8-15(10-12)9-11-5-2-3-7-13(11)14(16)17/h2-3,5,7,12,16-17H,4,6,8-10H2,1H3. The van der Waals surface area contributed by atoms with E-state index in [0.29, 0.717) is 11.6 Å². The van der Waals surface area contributed by atoms with Crippen LogP contribution < -0.4 is 5.46 Å². The van der Waals surface area contributed by atoms with Gasteiger partial charge in [-0.25, -0.2) is 0 Å². The Bertz CT molecular complexity index is 386. The highest BCUT2D eigenvalue weighted by molar-refractivity contribution is 6.59. The first-order chi connectivity index (χ1) is 8.70. The average Bonchev–Trinajstić information content (AvgIpc) is 2.39. The molecule has 1 aromatic carbocycles. The lowest BCUT2D eigenvalue weighted by atomic mass is 9.77. The predicted octanol–water partition coefficient (Wildman–Crippen LogP) is -0.0228. The van der Waals surface area contributed by atoms with E-state index in [1.54, 1.807) is 13.2 Å². The van der Waals surface area contributed by atoms with Crippen LogP contribution in [0.1, 0.15) is 18.4 Å². The van der Waals surface area contributed by atoms with Gasteiger partial charge in [-0.2, -0.15) is 0 Å². The van der Waals surface area contributed by atoms with Crippen LogP contribution in [0.15, 0.2) is 24.3 Å². The van der Waals surface area contributed by atoms with E-state index in [0.717, 1.165) is 38.0 Å². The highest BCUT2D eigenvalue weighted by Gasteiger charge is 2.22. The third-order valence-electron chi connectivity index (χ3n) is 3.52. The zero-order valence-electron chi connectivity index (χ0n) is 10.7. The van der Waals surface area contributed by atoms with Crippen LogP contribution in [0, 0.1) is 0 Å². The van der Waals surface area contributed by atoms with Crippen LogP contribution in [0.5, 0.6) is 0 Å². The zero-order valence-corrected chi connectivity index (χ0v) is 10.7. The Labute approximate surface area is 108 Å². The first-order valence-corrected chi connectivity index (χ1v) is 6.40. The van der Waals surface area contributed by atoms with Gasteiger partial charge in [-0.3, -0.25) is 4.90 Å². The molecule has 1 aliphatic rings. The Kier molecular flexibility index (Phi) is 4.77.